The molecule has 1 N–H and O–H groups in total. The summed E-state index contributed by atoms with van der Waals surface area (Å²) < 4.78 is 13.4. The minimum Gasteiger partial charge on any atom is -0.496 e. The SMILES string of the molecule is COc1cc(-c2cn(C)c(=O)c3cnccc23)cc(OC)c1CN1CCC2(C1)CN(CCCC#Cc1ccc3c(c1)C(=O)N(C1CCC(=O)NC1=O)C3=O)C2. The number of unbranched alkanes of at least 4 members (excludes halogenated alkanes) is 1. The van der Waals surface area contributed by atoms with Crippen molar-refractivity contribution >= 4 is 34.4 Å². The average Bonchev–Trinajstić information content (AvgIpc) is 3.70. The number of pyridine rings is 2. The van der Waals surface area contributed by atoms with Crippen LogP contribution in [0.3, 0.4) is 0 Å². The molecule has 8 rings (SSSR count). The van der Waals surface area contributed by atoms with Crippen LogP contribution in [0.5, 0.6) is 11.5 Å². The third kappa shape index (κ3) is 6.66. The van der Waals surface area contributed by atoms with Crippen LogP contribution in [0.25, 0.3) is 21.9 Å². The molecule has 13 heteroatoms. The summed E-state index contributed by atoms with van der Waals surface area (Å²) in [5.41, 5.74) is 4.10. The van der Waals surface area contributed by atoms with Gasteiger partial charge in [0.15, 0.2) is 0 Å². The number of hydrogen-bond acceptors (Lipinski definition) is 10. The van der Waals surface area contributed by atoms with Crippen LogP contribution in [0.1, 0.15) is 63.9 Å². The molecule has 4 amide bonds. The molecular weight excluding hydrogens is 700 g/mol. The minimum absolute atomic E-state index is 0.0805. The van der Waals surface area contributed by atoms with Gasteiger partial charge < -0.3 is 18.9 Å². The van der Waals surface area contributed by atoms with Crippen molar-refractivity contribution in [1.29, 1.82) is 0 Å². The van der Waals surface area contributed by atoms with Gasteiger partial charge in [-0.25, -0.2) is 0 Å². The second kappa shape index (κ2) is 14.4. The van der Waals surface area contributed by atoms with Crippen LogP contribution in [0.4, 0.5) is 0 Å². The van der Waals surface area contributed by atoms with Gasteiger partial charge in [-0.3, -0.25) is 44.1 Å². The zero-order valence-electron chi connectivity index (χ0n) is 31.1. The van der Waals surface area contributed by atoms with Crippen LogP contribution in [0, 0.1) is 17.3 Å². The Bertz CT molecular complexity index is 2360. The number of carbonyl (C=O) groups is 4. The molecule has 6 heterocycles. The molecule has 282 valence electrons. The number of nitrogens with one attached hydrogen (secondary N) is 1. The van der Waals surface area contributed by atoms with Crippen molar-refractivity contribution in [2.75, 3.05) is 46.9 Å². The monoisotopic (exact) mass is 742 g/mol. The Kier molecular flexibility index (Phi) is 9.48. The molecule has 0 radical (unpaired) electrons. The standard InChI is InChI=1S/C42H42N6O7/c1-45-21-32(28-12-14-43-20-31(28)39(45)51)27-18-35(54-2)33(36(19-27)55-3)22-46-16-13-42(23-46)24-47(25-42)15-6-4-5-7-26-8-9-29-30(17-26)41(53)48(40(29)52)34-10-11-37(49)44-38(34)50/h8-9,12,14,17-21,34H,4,6,10-11,13,15-16,22-25H2,1-3H3,(H,44,49,50). The molecule has 0 aliphatic carbocycles. The van der Waals surface area contributed by atoms with Crippen molar-refractivity contribution in [1.82, 2.24) is 29.6 Å². The molecule has 4 aromatic rings. The number of methoxy groups -OCH3 is 2. The van der Waals surface area contributed by atoms with Gasteiger partial charge in [0.1, 0.15) is 17.5 Å². The van der Waals surface area contributed by atoms with Gasteiger partial charge >= 0.3 is 0 Å². The molecule has 3 fully saturated rings. The minimum atomic E-state index is -0.988. The highest BCUT2D eigenvalue weighted by Gasteiger charge is 2.47. The predicted octanol–water partition coefficient (Wildman–Crippen LogP) is 3.36. The first kappa shape index (κ1) is 36.2. The maximum Gasteiger partial charge on any atom is 0.262 e. The lowest BCUT2D eigenvalue weighted by atomic mass is 9.79. The predicted molar refractivity (Wildman–Crippen MR) is 204 cm³/mol. The summed E-state index contributed by atoms with van der Waals surface area (Å²) in [4.78, 5) is 72.9. The van der Waals surface area contributed by atoms with Gasteiger partial charge in [0.2, 0.25) is 11.8 Å². The first-order valence-corrected chi connectivity index (χ1v) is 18.6. The highest BCUT2D eigenvalue weighted by Crippen LogP contribution is 2.43. The summed E-state index contributed by atoms with van der Waals surface area (Å²) in [6, 6.07) is 9.86. The van der Waals surface area contributed by atoms with E-state index in [0.29, 0.717) is 23.9 Å². The van der Waals surface area contributed by atoms with Gasteiger partial charge in [0.25, 0.3) is 17.4 Å². The number of likely N-dealkylation sites (tertiary alicyclic amines) is 2. The molecule has 4 aliphatic heterocycles. The molecule has 4 aliphatic rings. The van der Waals surface area contributed by atoms with Crippen molar-refractivity contribution in [3.8, 4) is 34.5 Å². The summed E-state index contributed by atoms with van der Waals surface area (Å²) >= 11 is 0. The number of ether oxygens (including phenoxy) is 2. The molecule has 0 saturated carbocycles. The van der Waals surface area contributed by atoms with Crippen molar-refractivity contribution in [2.24, 2.45) is 12.5 Å². The summed E-state index contributed by atoms with van der Waals surface area (Å²) in [6.07, 6.45) is 8.10. The number of aromatic nitrogens is 2. The lowest BCUT2D eigenvalue weighted by Crippen LogP contribution is -2.57. The Labute approximate surface area is 318 Å². The Morgan fingerprint density at radius 3 is 2.40 bits per heavy atom. The topological polar surface area (TPSA) is 143 Å². The second-order valence-corrected chi connectivity index (χ2v) is 15.0. The fraction of sp³-hybridized carbons (Fsp3) is 0.381. The molecule has 13 nitrogen and oxygen atoms in total. The van der Waals surface area contributed by atoms with Crippen LogP contribution >= 0.6 is 0 Å². The molecule has 3 saturated heterocycles. The van der Waals surface area contributed by atoms with E-state index in [1.165, 1.54) is 0 Å². The third-order valence-corrected chi connectivity index (χ3v) is 11.4. The summed E-state index contributed by atoms with van der Waals surface area (Å²) in [7, 11) is 5.10. The highest BCUT2D eigenvalue weighted by molar-refractivity contribution is 6.23. The van der Waals surface area contributed by atoms with Crippen LogP contribution in [0.15, 0.2) is 59.8 Å². The average molecular weight is 743 g/mol. The first-order chi connectivity index (χ1) is 26.6. The van der Waals surface area contributed by atoms with E-state index in [1.807, 2.05) is 24.4 Å². The number of carbonyl (C=O) groups excluding carboxylic acids is 4. The highest BCUT2D eigenvalue weighted by atomic mass is 16.5. The maximum atomic E-state index is 13.1. The fourth-order valence-corrected chi connectivity index (χ4v) is 8.65. The van der Waals surface area contributed by atoms with E-state index in [-0.39, 0.29) is 34.9 Å². The van der Waals surface area contributed by atoms with E-state index < -0.39 is 29.7 Å². The molecule has 2 aromatic heterocycles. The number of rotatable bonds is 9. The number of hydrogen-bond donors (Lipinski definition) is 1. The van der Waals surface area contributed by atoms with Gasteiger partial charge in [-0.1, -0.05) is 11.8 Å². The number of imide groups is 2. The molecule has 1 spiro atoms. The number of nitrogens with zero attached hydrogens (tertiary/aromatic N) is 5. The fourth-order valence-electron chi connectivity index (χ4n) is 8.65. The maximum absolute atomic E-state index is 13.1. The number of benzene rings is 2. The zero-order valence-corrected chi connectivity index (χ0v) is 31.1. The molecular formula is C42H42N6O7. The van der Waals surface area contributed by atoms with Crippen molar-refractivity contribution in [3.63, 3.8) is 0 Å². The second-order valence-electron chi connectivity index (χ2n) is 15.0. The van der Waals surface area contributed by atoms with E-state index in [0.717, 1.165) is 84.0 Å². The quantitative estimate of drug-likeness (QED) is 0.154. The van der Waals surface area contributed by atoms with E-state index in [9.17, 15) is 24.0 Å². The van der Waals surface area contributed by atoms with Crippen LogP contribution in [-0.4, -0.2) is 101 Å². The molecule has 2 aromatic carbocycles. The van der Waals surface area contributed by atoms with Crippen LogP contribution < -0.4 is 20.3 Å². The van der Waals surface area contributed by atoms with Gasteiger partial charge in [-0.05, 0) is 79.7 Å². The normalized spacial score (nSPS) is 19.3. The van der Waals surface area contributed by atoms with Crippen molar-refractivity contribution in [3.05, 3.63) is 87.6 Å². The number of aryl methyl sites for hydroxylation is 1. The molecule has 1 atom stereocenters. The zero-order chi connectivity index (χ0) is 38.4. The Morgan fingerprint density at radius 1 is 0.909 bits per heavy atom. The largest absolute Gasteiger partial charge is 0.496 e. The van der Waals surface area contributed by atoms with Crippen molar-refractivity contribution in [2.45, 2.75) is 44.7 Å². The number of piperidine rings is 1. The van der Waals surface area contributed by atoms with Gasteiger partial charge in [-0.2, -0.15) is 0 Å². The number of fused-ring (bicyclic) bond motifs is 2. The van der Waals surface area contributed by atoms with Crippen LogP contribution in [0.2, 0.25) is 0 Å². The number of amides is 4. The van der Waals surface area contributed by atoms with Gasteiger partial charge in [-0.15, -0.1) is 0 Å². The molecule has 1 unspecified atom stereocenters. The van der Waals surface area contributed by atoms with Gasteiger partial charge in [0, 0.05) is 81.2 Å². The van der Waals surface area contributed by atoms with Gasteiger partial charge in [0.05, 0.1) is 36.3 Å². The Morgan fingerprint density at radius 2 is 1.65 bits per heavy atom. The molecule has 0 bridgehead atoms. The first-order valence-electron chi connectivity index (χ1n) is 18.6. The summed E-state index contributed by atoms with van der Waals surface area (Å²) in [5.74, 6) is 5.76. The van der Waals surface area contributed by atoms with E-state index in [4.69, 9.17) is 9.47 Å². The summed E-state index contributed by atoms with van der Waals surface area (Å²) in [6.45, 7) is 5.74. The third-order valence-electron chi connectivity index (χ3n) is 11.4. The van der Waals surface area contributed by atoms with Crippen LogP contribution in [-0.2, 0) is 23.2 Å². The lowest BCUT2D eigenvalue weighted by molar-refractivity contribution is -0.136. The lowest BCUT2D eigenvalue weighted by Gasteiger charge is -2.48. The van der Waals surface area contributed by atoms with E-state index in [1.54, 1.807) is 56.4 Å². The van der Waals surface area contributed by atoms with E-state index >= 15 is 0 Å². The summed E-state index contributed by atoms with van der Waals surface area (Å²) in [5, 5.41) is 3.61. The Balaban J connectivity index is 0.847. The Hall–Kier alpha value is -5.84. The molecule has 55 heavy (non-hydrogen) atoms. The smallest absolute Gasteiger partial charge is 0.262 e. The van der Waals surface area contributed by atoms with E-state index in [2.05, 4.69) is 31.9 Å². The van der Waals surface area contributed by atoms with Crippen molar-refractivity contribution < 1.29 is 28.7 Å².